The Morgan fingerprint density at radius 1 is 1.29 bits per heavy atom. The van der Waals surface area contributed by atoms with Crippen molar-refractivity contribution in [3.8, 4) is 11.5 Å². The van der Waals surface area contributed by atoms with Crippen molar-refractivity contribution in [2.45, 2.75) is 39.2 Å². The second-order valence-corrected chi connectivity index (χ2v) is 4.91. The molecule has 114 valence electrons. The van der Waals surface area contributed by atoms with Gasteiger partial charge >= 0.3 is 5.97 Å². The molecule has 0 radical (unpaired) electrons. The van der Waals surface area contributed by atoms with Crippen LogP contribution in [0.2, 0.25) is 0 Å². The van der Waals surface area contributed by atoms with Gasteiger partial charge in [0.25, 0.3) is 0 Å². The van der Waals surface area contributed by atoms with Crippen LogP contribution in [0.4, 0.5) is 0 Å². The molecule has 1 aliphatic rings. The molecular formula is C16H20O5. The number of ketones is 1. The smallest absolute Gasteiger partial charge is 0.347 e. The highest BCUT2D eigenvalue weighted by molar-refractivity contribution is 6.01. The summed E-state index contributed by atoms with van der Waals surface area (Å²) in [6.07, 6.45) is 1.32. The molecule has 2 rings (SSSR count). The van der Waals surface area contributed by atoms with Crippen LogP contribution in [-0.4, -0.2) is 31.6 Å². The maximum absolute atomic E-state index is 12.2. The first-order valence-electron chi connectivity index (χ1n) is 7.14. The van der Waals surface area contributed by atoms with Gasteiger partial charge < -0.3 is 14.2 Å². The number of Topliss-reactive ketones (excluding diaryl/α,β-unsaturated/α-hetero) is 1. The van der Waals surface area contributed by atoms with Gasteiger partial charge in [-0.1, -0.05) is 0 Å². The average Bonchev–Trinajstić information content (AvgIpc) is 2.47. The van der Waals surface area contributed by atoms with E-state index in [2.05, 4.69) is 0 Å². The van der Waals surface area contributed by atoms with Crippen LogP contribution in [0.25, 0.3) is 0 Å². The molecular weight excluding hydrogens is 272 g/mol. The standard InChI is InChI=1S/C16H20O5/c1-4-20-16(18)10(2)21-14-9-8-13(19-3)11-6-5-7-12(17)15(11)14/h8-10H,4-7H2,1-3H3. The molecule has 0 bridgehead atoms. The fourth-order valence-corrected chi connectivity index (χ4v) is 2.50. The molecule has 0 saturated carbocycles. The monoisotopic (exact) mass is 292 g/mol. The van der Waals surface area contributed by atoms with E-state index in [1.54, 1.807) is 33.1 Å². The Kier molecular flexibility index (Phi) is 4.83. The molecule has 1 aromatic carbocycles. The fraction of sp³-hybridized carbons (Fsp3) is 0.500. The van der Waals surface area contributed by atoms with Gasteiger partial charge in [0.05, 0.1) is 19.3 Å². The Balaban J connectivity index is 2.32. The molecule has 1 atom stereocenters. The Morgan fingerprint density at radius 2 is 2.00 bits per heavy atom. The quantitative estimate of drug-likeness (QED) is 0.780. The van der Waals surface area contributed by atoms with Crippen LogP contribution in [0, 0.1) is 0 Å². The zero-order chi connectivity index (χ0) is 15.4. The maximum Gasteiger partial charge on any atom is 0.347 e. The minimum absolute atomic E-state index is 0.0289. The second-order valence-electron chi connectivity index (χ2n) is 4.91. The molecule has 21 heavy (non-hydrogen) atoms. The van der Waals surface area contributed by atoms with Crippen molar-refractivity contribution < 1.29 is 23.8 Å². The highest BCUT2D eigenvalue weighted by Crippen LogP contribution is 2.36. The summed E-state index contributed by atoms with van der Waals surface area (Å²) < 4.78 is 15.9. The van der Waals surface area contributed by atoms with Crippen LogP contribution in [0.15, 0.2) is 12.1 Å². The van der Waals surface area contributed by atoms with Crippen molar-refractivity contribution in [1.82, 2.24) is 0 Å². The molecule has 0 saturated heterocycles. The van der Waals surface area contributed by atoms with E-state index >= 15 is 0 Å². The van der Waals surface area contributed by atoms with Gasteiger partial charge in [0, 0.05) is 12.0 Å². The van der Waals surface area contributed by atoms with E-state index in [0.717, 1.165) is 18.4 Å². The Bertz CT molecular complexity index is 550. The third kappa shape index (κ3) is 3.17. The summed E-state index contributed by atoms with van der Waals surface area (Å²) in [5.41, 5.74) is 1.40. The lowest BCUT2D eigenvalue weighted by molar-refractivity contribution is -0.150. The lowest BCUT2D eigenvalue weighted by Gasteiger charge is -2.22. The van der Waals surface area contributed by atoms with E-state index in [9.17, 15) is 9.59 Å². The van der Waals surface area contributed by atoms with Gasteiger partial charge in [0.1, 0.15) is 11.5 Å². The van der Waals surface area contributed by atoms with Crippen LogP contribution >= 0.6 is 0 Å². The van der Waals surface area contributed by atoms with Gasteiger partial charge in [0.15, 0.2) is 11.9 Å². The van der Waals surface area contributed by atoms with Gasteiger partial charge in [-0.25, -0.2) is 4.79 Å². The molecule has 5 heteroatoms. The number of hydrogen-bond acceptors (Lipinski definition) is 5. The zero-order valence-electron chi connectivity index (χ0n) is 12.6. The normalized spacial score (nSPS) is 15.1. The van der Waals surface area contributed by atoms with Crippen LogP contribution in [0.1, 0.15) is 42.6 Å². The van der Waals surface area contributed by atoms with Gasteiger partial charge in [-0.3, -0.25) is 4.79 Å². The van der Waals surface area contributed by atoms with E-state index in [0.29, 0.717) is 30.1 Å². The van der Waals surface area contributed by atoms with E-state index in [-0.39, 0.29) is 5.78 Å². The Morgan fingerprint density at radius 3 is 2.67 bits per heavy atom. The van der Waals surface area contributed by atoms with E-state index in [1.807, 2.05) is 0 Å². The summed E-state index contributed by atoms with van der Waals surface area (Å²) >= 11 is 0. The Hall–Kier alpha value is -2.04. The highest BCUT2D eigenvalue weighted by Gasteiger charge is 2.27. The summed E-state index contributed by atoms with van der Waals surface area (Å²) in [6, 6.07) is 3.45. The minimum Gasteiger partial charge on any atom is -0.496 e. The van der Waals surface area contributed by atoms with Crippen molar-refractivity contribution in [2.75, 3.05) is 13.7 Å². The van der Waals surface area contributed by atoms with Crippen LogP contribution < -0.4 is 9.47 Å². The molecule has 0 amide bonds. The van der Waals surface area contributed by atoms with Crippen molar-refractivity contribution in [3.05, 3.63) is 23.3 Å². The van der Waals surface area contributed by atoms with E-state index < -0.39 is 12.1 Å². The molecule has 0 aliphatic heterocycles. The topological polar surface area (TPSA) is 61.8 Å². The summed E-state index contributed by atoms with van der Waals surface area (Å²) in [5, 5.41) is 0. The van der Waals surface area contributed by atoms with Gasteiger partial charge in [-0.2, -0.15) is 0 Å². The number of carbonyl (C=O) groups is 2. The number of esters is 1. The molecule has 0 spiro atoms. The lowest BCUT2D eigenvalue weighted by atomic mass is 9.89. The SMILES string of the molecule is CCOC(=O)C(C)Oc1ccc(OC)c2c1C(=O)CCC2. The third-order valence-corrected chi connectivity index (χ3v) is 3.48. The first-order chi connectivity index (χ1) is 10.1. The minimum atomic E-state index is -0.753. The summed E-state index contributed by atoms with van der Waals surface area (Å²) in [7, 11) is 1.58. The van der Waals surface area contributed by atoms with E-state index in [1.165, 1.54) is 0 Å². The van der Waals surface area contributed by atoms with Gasteiger partial charge in [-0.15, -0.1) is 0 Å². The van der Waals surface area contributed by atoms with E-state index in [4.69, 9.17) is 14.2 Å². The first-order valence-corrected chi connectivity index (χ1v) is 7.14. The number of methoxy groups -OCH3 is 1. The highest BCUT2D eigenvalue weighted by atomic mass is 16.6. The number of ether oxygens (including phenoxy) is 3. The summed E-state index contributed by atoms with van der Waals surface area (Å²) in [5.74, 6) is 0.705. The fourth-order valence-electron chi connectivity index (χ4n) is 2.50. The maximum atomic E-state index is 12.2. The van der Waals surface area contributed by atoms with Crippen LogP contribution in [-0.2, 0) is 16.0 Å². The Labute approximate surface area is 124 Å². The van der Waals surface area contributed by atoms with Crippen molar-refractivity contribution in [1.29, 1.82) is 0 Å². The molecule has 1 aliphatic carbocycles. The van der Waals surface area contributed by atoms with Crippen LogP contribution in [0.5, 0.6) is 11.5 Å². The molecule has 1 aromatic rings. The third-order valence-electron chi connectivity index (χ3n) is 3.48. The van der Waals surface area contributed by atoms with Gasteiger partial charge in [0.2, 0.25) is 0 Å². The van der Waals surface area contributed by atoms with Crippen molar-refractivity contribution >= 4 is 11.8 Å². The van der Waals surface area contributed by atoms with Crippen LogP contribution in [0.3, 0.4) is 0 Å². The summed E-state index contributed by atoms with van der Waals surface area (Å²) in [4.78, 5) is 23.9. The van der Waals surface area contributed by atoms with Crippen molar-refractivity contribution in [3.63, 3.8) is 0 Å². The average molecular weight is 292 g/mol. The van der Waals surface area contributed by atoms with Gasteiger partial charge in [-0.05, 0) is 38.8 Å². The predicted molar refractivity (Wildman–Crippen MR) is 77.0 cm³/mol. The zero-order valence-corrected chi connectivity index (χ0v) is 12.6. The number of rotatable bonds is 5. The number of hydrogen-bond donors (Lipinski definition) is 0. The molecule has 1 unspecified atom stereocenters. The number of carbonyl (C=O) groups excluding carboxylic acids is 2. The molecule has 5 nitrogen and oxygen atoms in total. The molecule has 0 N–H and O–H groups in total. The van der Waals surface area contributed by atoms with Crippen molar-refractivity contribution in [2.24, 2.45) is 0 Å². The second kappa shape index (κ2) is 6.61. The largest absolute Gasteiger partial charge is 0.496 e. The molecule has 0 heterocycles. The lowest BCUT2D eigenvalue weighted by Crippen LogP contribution is -2.27. The molecule has 0 fully saturated rings. The predicted octanol–water partition coefficient (Wildman–Crippen LogP) is 2.54. The first kappa shape index (κ1) is 15.4. The summed E-state index contributed by atoms with van der Waals surface area (Å²) in [6.45, 7) is 3.65. The molecule has 0 aromatic heterocycles. The number of benzene rings is 1. The number of fused-ring (bicyclic) bond motifs is 1.